The Morgan fingerprint density at radius 3 is 1.90 bits per heavy atom. The summed E-state index contributed by atoms with van der Waals surface area (Å²) in [5, 5.41) is 22.9. The minimum atomic E-state index is -4.40. The van der Waals surface area contributed by atoms with Crippen LogP contribution < -0.4 is 4.74 Å². The first kappa shape index (κ1) is 61.3. The predicted octanol–water partition coefficient (Wildman–Crippen LogP) is 17.1. The highest BCUT2D eigenvalue weighted by atomic mass is 19.3. The standard InChI is InChI=1S/C46H46F4N2O4.C24H20N2O4/c1-7-9-14-31(8-2)25-52-39-20-19-32(42(51-56-30(6)53)35-17-12-13-18-40(35)55-26-46(49,50)45(47)48)23-36(39)37-24-38(33-15-10-11-16-34(33)43(37)52)44(54)41-28(4)21-27(3)22-29(41)5;1-15(27)30-25-23(16-7-5-4-6-8-16)17-9-11-19-20-12-10-18(26(28)29)14-22(20)24(2,3)21(19)13-17/h10-13,15-24,31,45H,7-9,14,25-26H2,1-6H3;4-14H,1-3H3/b51-42+;25-23+. The molecule has 0 aliphatic heterocycles. The van der Waals surface area contributed by atoms with Crippen molar-refractivity contribution in [3.8, 4) is 16.9 Å². The van der Waals surface area contributed by atoms with Crippen LogP contribution in [-0.2, 0) is 31.2 Å². The lowest BCUT2D eigenvalue weighted by atomic mass is 9.81. The number of hydrogen-bond acceptors (Lipinski definition) is 10. The smallest absolute Gasteiger partial charge is 0.340 e. The van der Waals surface area contributed by atoms with Gasteiger partial charge in [0.1, 0.15) is 17.2 Å². The van der Waals surface area contributed by atoms with Gasteiger partial charge in [-0.15, -0.1) is 0 Å². The van der Waals surface area contributed by atoms with Crippen molar-refractivity contribution < 1.29 is 51.3 Å². The second-order valence-electron chi connectivity index (χ2n) is 22.4. The Morgan fingerprint density at radius 1 is 0.663 bits per heavy atom. The van der Waals surface area contributed by atoms with E-state index in [-0.39, 0.29) is 33.4 Å². The predicted molar refractivity (Wildman–Crippen MR) is 329 cm³/mol. The Balaban J connectivity index is 0.000000247. The fourth-order valence-corrected chi connectivity index (χ4v) is 11.7. The number of nitro groups is 1. The zero-order valence-corrected chi connectivity index (χ0v) is 49.4. The molecular formula is C70H66F4N4O8. The first-order valence-corrected chi connectivity index (χ1v) is 28.5. The Bertz CT molecular complexity index is 4150. The third-order valence-corrected chi connectivity index (χ3v) is 15.9. The Morgan fingerprint density at radius 2 is 1.26 bits per heavy atom. The van der Waals surface area contributed by atoms with Gasteiger partial charge in [0.2, 0.25) is 0 Å². The highest BCUT2D eigenvalue weighted by Crippen LogP contribution is 2.50. The number of aryl methyl sites for hydroxylation is 3. The number of carbonyl (C=O) groups excluding carboxylic acids is 3. The topological polar surface area (TPSA) is 152 Å². The summed E-state index contributed by atoms with van der Waals surface area (Å²) >= 11 is 0. The molecule has 16 heteroatoms. The van der Waals surface area contributed by atoms with Gasteiger partial charge in [-0.2, -0.15) is 8.78 Å². The minimum absolute atomic E-state index is 0.0661. The van der Waals surface area contributed by atoms with Crippen molar-refractivity contribution in [3.05, 3.63) is 223 Å². The van der Waals surface area contributed by atoms with Gasteiger partial charge in [-0.05, 0) is 114 Å². The fraction of sp³-hybridized carbons (Fsp3) is 0.271. The van der Waals surface area contributed by atoms with E-state index in [9.17, 15) is 42.1 Å². The summed E-state index contributed by atoms with van der Waals surface area (Å²) in [5.41, 5.74) is 12.4. The fourth-order valence-electron chi connectivity index (χ4n) is 11.7. The summed E-state index contributed by atoms with van der Waals surface area (Å²) in [5.74, 6) is -5.48. The van der Waals surface area contributed by atoms with Crippen LogP contribution in [-0.4, -0.2) is 57.6 Å². The molecular weight excluding hydrogens is 1100 g/mol. The number of alkyl halides is 4. The maximum absolute atomic E-state index is 14.7. The molecule has 10 rings (SSSR count). The maximum atomic E-state index is 14.7. The van der Waals surface area contributed by atoms with Crippen molar-refractivity contribution in [2.45, 2.75) is 112 Å². The van der Waals surface area contributed by atoms with Crippen molar-refractivity contribution in [1.29, 1.82) is 0 Å². The van der Waals surface area contributed by atoms with E-state index in [1.54, 1.807) is 18.2 Å². The van der Waals surface area contributed by atoms with Crippen LogP contribution in [0.25, 0.3) is 43.7 Å². The molecule has 0 radical (unpaired) electrons. The first-order chi connectivity index (χ1) is 41.0. The zero-order chi connectivity index (χ0) is 61.8. The van der Waals surface area contributed by atoms with Gasteiger partial charge in [-0.3, -0.25) is 14.9 Å². The van der Waals surface area contributed by atoms with Crippen LogP contribution in [0.1, 0.15) is 133 Å². The molecule has 86 heavy (non-hydrogen) atoms. The van der Waals surface area contributed by atoms with E-state index in [2.05, 4.69) is 42.6 Å². The van der Waals surface area contributed by atoms with Crippen molar-refractivity contribution in [1.82, 2.24) is 4.57 Å². The molecule has 9 aromatic rings. The number of benzene rings is 8. The van der Waals surface area contributed by atoms with Crippen LogP contribution in [0.15, 0.2) is 162 Å². The van der Waals surface area contributed by atoms with Gasteiger partial charge in [-0.1, -0.05) is 160 Å². The van der Waals surface area contributed by atoms with Crippen LogP contribution in [0, 0.1) is 36.8 Å². The number of aromatic nitrogens is 1. The average Bonchev–Trinajstić information content (AvgIpc) is 1.58. The molecule has 0 N–H and O–H groups in total. The molecule has 0 saturated heterocycles. The molecule has 442 valence electrons. The van der Waals surface area contributed by atoms with Gasteiger partial charge < -0.3 is 19.0 Å². The molecule has 0 amide bonds. The lowest BCUT2D eigenvalue weighted by Gasteiger charge is -2.22. The van der Waals surface area contributed by atoms with E-state index >= 15 is 0 Å². The van der Waals surface area contributed by atoms with Gasteiger partial charge in [0, 0.05) is 93.0 Å². The third-order valence-electron chi connectivity index (χ3n) is 15.9. The Labute approximate surface area is 496 Å². The molecule has 1 aromatic heterocycles. The second kappa shape index (κ2) is 25.5. The van der Waals surface area contributed by atoms with Crippen molar-refractivity contribution >= 4 is 67.4 Å². The average molecular weight is 1170 g/mol. The molecule has 12 nitrogen and oxygen atoms in total. The number of unbranched alkanes of at least 4 members (excludes halogenated alkanes) is 1. The number of oxime groups is 2. The monoisotopic (exact) mass is 1170 g/mol. The maximum Gasteiger partial charge on any atom is 0.340 e. The zero-order valence-electron chi connectivity index (χ0n) is 49.4. The number of hydrogen-bond donors (Lipinski definition) is 0. The highest BCUT2D eigenvalue weighted by molar-refractivity contribution is 6.27. The Kier molecular flexibility index (Phi) is 18.2. The third kappa shape index (κ3) is 12.6. The van der Waals surface area contributed by atoms with Crippen LogP contribution in [0.4, 0.5) is 23.2 Å². The summed E-state index contributed by atoms with van der Waals surface area (Å²) in [6.07, 6.45) is 0.266. The second-order valence-corrected chi connectivity index (χ2v) is 22.4. The molecule has 1 aliphatic carbocycles. The number of nitrogens with zero attached hydrogens (tertiary/aromatic N) is 4. The molecule has 0 spiro atoms. The van der Waals surface area contributed by atoms with Crippen molar-refractivity contribution in [2.24, 2.45) is 16.2 Å². The molecule has 1 atom stereocenters. The highest BCUT2D eigenvalue weighted by Gasteiger charge is 2.42. The number of para-hydroxylation sites is 1. The summed E-state index contributed by atoms with van der Waals surface area (Å²) in [4.78, 5) is 59.1. The van der Waals surface area contributed by atoms with Crippen LogP contribution in [0.2, 0.25) is 0 Å². The SMILES string of the molecule is CC(=O)O/N=C(\c1ccccc1)c1ccc2c(c1)C(C)(C)c1cc([N+](=O)[O-])ccc1-2.CCCCC(CC)Cn1c2ccc(/C(=N\OC(C)=O)c3ccccc3OCC(F)(F)C(F)F)cc2c2cc(C(=O)c3c(C)cc(C)cc3C)c3ccccc3c21. The van der Waals surface area contributed by atoms with Gasteiger partial charge >= 0.3 is 24.3 Å². The van der Waals surface area contributed by atoms with E-state index < -0.39 is 36.3 Å². The van der Waals surface area contributed by atoms with E-state index in [0.717, 1.165) is 115 Å². The van der Waals surface area contributed by atoms with Crippen molar-refractivity contribution in [2.75, 3.05) is 6.61 Å². The van der Waals surface area contributed by atoms with E-state index in [0.29, 0.717) is 28.3 Å². The van der Waals surface area contributed by atoms with E-state index in [4.69, 9.17) is 14.4 Å². The largest absolute Gasteiger partial charge is 0.486 e. The van der Waals surface area contributed by atoms with Gasteiger partial charge in [0.05, 0.1) is 10.4 Å². The molecule has 8 aromatic carbocycles. The lowest BCUT2D eigenvalue weighted by molar-refractivity contribution is -0.384. The summed E-state index contributed by atoms with van der Waals surface area (Å²) in [6, 6.07) is 46.0. The number of fused-ring (bicyclic) bond motifs is 8. The number of non-ortho nitro benzene ring substituents is 1. The quantitative estimate of drug-likeness (QED) is 0.0194. The number of nitro benzene ring substituents is 1. The number of ketones is 1. The number of carbonyl (C=O) groups is 3. The molecule has 1 aliphatic rings. The van der Waals surface area contributed by atoms with E-state index in [1.807, 2.05) is 130 Å². The first-order valence-electron chi connectivity index (χ1n) is 28.5. The summed E-state index contributed by atoms with van der Waals surface area (Å²) in [6.45, 7) is 16.0. The minimum Gasteiger partial charge on any atom is -0.486 e. The van der Waals surface area contributed by atoms with Gasteiger partial charge in [-0.25, -0.2) is 18.4 Å². The van der Waals surface area contributed by atoms with Crippen molar-refractivity contribution in [3.63, 3.8) is 0 Å². The van der Waals surface area contributed by atoms with E-state index in [1.165, 1.54) is 38.1 Å². The molecule has 1 unspecified atom stereocenters. The van der Waals surface area contributed by atoms with Gasteiger partial charge in [0.15, 0.2) is 12.4 Å². The van der Waals surface area contributed by atoms with Crippen LogP contribution >= 0.6 is 0 Å². The number of rotatable bonds is 19. The molecule has 0 saturated carbocycles. The molecule has 0 fully saturated rings. The summed E-state index contributed by atoms with van der Waals surface area (Å²) < 4.78 is 61.8. The summed E-state index contributed by atoms with van der Waals surface area (Å²) in [7, 11) is 0. The van der Waals surface area contributed by atoms with Crippen LogP contribution in [0.3, 0.4) is 0 Å². The Hall–Kier alpha value is -9.31. The molecule has 1 heterocycles. The number of halogens is 4. The van der Waals surface area contributed by atoms with Gasteiger partial charge in [0.25, 0.3) is 5.69 Å². The number of ether oxygens (including phenoxy) is 1. The van der Waals surface area contributed by atoms with Crippen LogP contribution in [0.5, 0.6) is 5.75 Å². The lowest BCUT2D eigenvalue weighted by Crippen LogP contribution is -2.34. The molecule has 0 bridgehead atoms. The normalized spacial score (nSPS) is 13.3.